The summed E-state index contributed by atoms with van der Waals surface area (Å²) >= 11 is 2.28. The molecule has 0 saturated carbocycles. The standard InChI is InChI=1S/C13H16F2INO/c14-12(15)10-1-3-11(4-2-10)13(9-18)5-7-17(16)8-6-13/h1-4,12,18H,5-9H2. The predicted octanol–water partition coefficient (Wildman–Crippen LogP) is 3.30. The minimum absolute atomic E-state index is 0.0400. The van der Waals surface area contributed by atoms with E-state index in [1.54, 1.807) is 12.1 Å². The van der Waals surface area contributed by atoms with Crippen molar-refractivity contribution in [2.24, 2.45) is 0 Å². The van der Waals surface area contributed by atoms with Crippen LogP contribution in [0.3, 0.4) is 0 Å². The van der Waals surface area contributed by atoms with Crippen molar-refractivity contribution < 1.29 is 13.9 Å². The third kappa shape index (κ3) is 2.83. The van der Waals surface area contributed by atoms with E-state index in [0.29, 0.717) is 0 Å². The molecule has 1 saturated heterocycles. The number of hydrogen-bond acceptors (Lipinski definition) is 2. The largest absolute Gasteiger partial charge is 0.395 e. The van der Waals surface area contributed by atoms with Gasteiger partial charge in [-0.3, -0.25) is 0 Å². The van der Waals surface area contributed by atoms with E-state index in [0.717, 1.165) is 31.5 Å². The van der Waals surface area contributed by atoms with E-state index in [1.807, 2.05) is 0 Å². The summed E-state index contributed by atoms with van der Waals surface area (Å²) in [5.74, 6) is 0. The van der Waals surface area contributed by atoms with Crippen LogP contribution in [0.25, 0.3) is 0 Å². The van der Waals surface area contributed by atoms with Crippen molar-refractivity contribution in [1.82, 2.24) is 3.11 Å². The zero-order valence-electron chi connectivity index (χ0n) is 9.95. The number of aliphatic hydroxyl groups is 1. The summed E-state index contributed by atoms with van der Waals surface area (Å²) in [4.78, 5) is 0. The van der Waals surface area contributed by atoms with Crippen LogP contribution in [0.15, 0.2) is 24.3 Å². The molecule has 18 heavy (non-hydrogen) atoms. The minimum atomic E-state index is -2.43. The summed E-state index contributed by atoms with van der Waals surface area (Å²) in [7, 11) is 0. The van der Waals surface area contributed by atoms with E-state index in [9.17, 15) is 13.9 Å². The molecule has 5 heteroatoms. The van der Waals surface area contributed by atoms with E-state index in [-0.39, 0.29) is 17.6 Å². The monoisotopic (exact) mass is 367 g/mol. The van der Waals surface area contributed by atoms with E-state index < -0.39 is 6.43 Å². The Hall–Kier alpha value is -0.270. The highest BCUT2D eigenvalue weighted by molar-refractivity contribution is 14.1. The van der Waals surface area contributed by atoms with Crippen molar-refractivity contribution in [3.05, 3.63) is 35.4 Å². The van der Waals surface area contributed by atoms with Gasteiger partial charge in [-0.25, -0.2) is 11.9 Å². The van der Waals surface area contributed by atoms with Crippen LogP contribution < -0.4 is 0 Å². The van der Waals surface area contributed by atoms with E-state index in [2.05, 4.69) is 26.0 Å². The van der Waals surface area contributed by atoms with Crippen LogP contribution in [0.2, 0.25) is 0 Å². The van der Waals surface area contributed by atoms with Crippen LogP contribution in [0, 0.1) is 0 Å². The summed E-state index contributed by atoms with van der Waals surface area (Å²) < 4.78 is 27.2. The third-order valence-electron chi connectivity index (χ3n) is 3.74. The van der Waals surface area contributed by atoms with Gasteiger partial charge < -0.3 is 5.11 Å². The Morgan fingerprint density at radius 2 is 1.78 bits per heavy atom. The molecule has 1 aromatic rings. The van der Waals surface area contributed by atoms with Crippen LogP contribution in [-0.2, 0) is 5.41 Å². The fourth-order valence-electron chi connectivity index (χ4n) is 2.43. The first-order valence-corrected chi connectivity index (χ1v) is 6.94. The average molecular weight is 367 g/mol. The first-order valence-electron chi connectivity index (χ1n) is 5.97. The van der Waals surface area contributed by atoms with Crippen LogP contribution >= 0.6 is 22.9 Å². The molecule has 0 bridgehead atoms. The van der Waals surface area contributed by atoms with Crippen LogP contribution in [0.4, 0.5) is 8.78 Å². The Morgan fingerprint density at radius 1 is 1.22 bits per heavy atom. The Kier molecular flexibility index (Phi) is 4.55. The molecule has 0 aromatic heterocycles. The van der Waals surface area contributed by atoms with Gasteiger partial charge in [0.1, 0.15) is 0 Å². The number of rotatable bonds is 3. The molecule has 0 radical (unpaired) electrons. The Morgan fingerprint density at radius 3 is 2.22 bits per heavy atom. The molecular weight excluding hydrogens is 351 g/mol. The lowest BCUT2D eigenvalue weighted by molar-refractivity contribution is 0.141. The van der Waals surface area contributed by atoms with E-state index >= 15 is 0 Å². The van der Waals surface area contributed by atoms with Gasteiger partial charge in [0.05, 0.1) is 6.61 Å². The number of aliphatic hydroxyl groups excluding tert-OH is 1. The van der Waals surface area contributed by atoms with Crippen LogP contribution in [-0.4, -0.2) is 27.9 Å². The molecular formula is C13H16F2INO. The summed E-state index contributed by atoms with van der Waals surface area (Å²) in [5, 5.41) is 9.69. The molecule has 1 N–H and O–H groups in total. The Bertz CT molecular complexity index is 388. The number of hydrogen-bond donors (Lipinski definition) is 1. The summed E-state index contributed by atoms with van der Waals surface area (Å²) in [5.41, 5.74) is 0.750. The summed E-state index contributed by atoms with van der Waals surface area (Å²) in [6, 6.07) is 6.41. The molecule has 0 spiro atoms. The number of piperidine rings is 1. The Balaban J connectivity index is 2.22. The van der Waals surface area contributed by atoms with Gasteiger partial charge in [0.15, 0.2) is 0 Å². The quantitative estimate of drug-likeness (QED) is 0.655. The highest BCUT2D eigenvalue weighted by Gasteiger charge is 2.35. The highest BCUT2D eigenvalue weighted by Crippen LogP contribution is 2.36. The van der Waals surface area contributed by atoms with Gasteiger partial charge in [-0.1, -0.05) is 24.3 Å². The molecule has 0 unspecified atom stereocenters. The maximum absolute atomic E-state index is 12.5. The van der Waals surface area contributed by atoms with Crippen molar-refractivity contribution in [3.63, 3.8) is 0 Å². The topological polar surface area (TPSA) is 23.5 Å². The van der Waals surface area contributed by atoms with E-state index in [1.165, 1.54) is 12.1 Å². The van der Waals surface area contributed by atoms with Gasteiger partial charge in [0.25, 0.3) is 6.43 Å². The smallest absolute Gasteiger partial charge is 0.263 e. The van der Waals surface area contributed by atoms with Gasteiger partial charge in [-0.05, 0) is 18.4 Å². The molecule has 1 fully saturated rings. The SMILES string of the molecule is OCC1(c2ccc(C(F)F)cc2)CCN(I)CC1. The van der Waals surface area contributed by atoms with Crippen molar-refractivity contribution >= 4 is 22.9 Å². The van der Waals surface area contributed by atoms with Gasteiger partial charge >= 0.3 is 0 Å². The van der Waals surface area contributed by atoms with Crippen molar-refractivity contribution in [2.45, 2.75) is 24.7 Å². The molecule has 100 valence electrons. The molecule has 0 aliphatic carbocycles. The van der Waals surface area contributed by atoms with Crippen molar-refractivity contribution in [3.8, 4) is 0 Å². The van der Waals surface area contributed by atoms with Crippen molar-refractivity contribution in [2.75, 3.05) is 19.7 Å². The normalized spacial score (nSPS) is 20.3. The first-order chi connectivity index (χ1) is 8.57. The molecule has 2 nitrogen and oxygen atoms in total. The summed E-state index contributed by atoms with van der Waals surface area (Å²) in [6.07, 6.45) is -0.707. The molecule has 0 atom stereocenters. The second-order valence-electron chi connectivity index (χ2n) is 4.77. The third-order valence-corrected chi connectivity index (χ3v) is 4.71. The van der Waals surface area contributed by atoms with Crippen LogP contribution in [0.1, 0.15) is 30.4 Å². The molecule has 1 aliphatic rings. The fourth-order valence-corrected chi connectivity index (χ4v) is 2.91. The lowest BCUT2D eigenvalue weighted by Gasteiger charge is -2.39. The molecule has 2 rings (SSSR count). The van der Waals surface area contributed by atoms with Gasteiger partial charge in [0, 0.05) is 46.9 Å². The van der Waals surface area contributed by atoms with Gasteiger partial charge in [-0.2, -0.15) is 0 Å². The minimum Gasteiger partial charge on any atom is -0.395 e. The second kappa shape index (κ2) is 5.79. The highest BCUT2D eigenvalue weighted by atomic mass is 127. The van der Waals surface area contributed by atoms with Crippen molar-refractivity contribution in [1.29, 1.82) is 0 Å². The zero-order valence-corrected chi connectivity index (χ0v) is 12.1. The van der Waals surface area contributed by atoms with Crippen LogP contribution in [0.5, 0.6) is 0 Å². The fraction of sp³-hybridized carbons (Fsp3) is 0.538. The van der Waals surface area contributed by atoms with Gasteiger partial charge in [0.2, 0.25) is 0 Å². The average Bonchev–Trinajstić information content (AvgIpc) is 2.40. The molecule has 1 heterocycles. The number of halogens is 3. The maximum Gasteiger partial charge on any atom is 0.263 e. The molecule has 1 aromatic carbocycles. The molecule has 1 aliphatic heterocycles. The number of benzene rings is 1. The number of nitrogens with zero attached hydrogens (tertiary/aromatic N) is 1. The second-order valence-corrected chi connectivity index (χ2v) is 6.14. The lowest BCUT2D eigenvalue weighted by Crippen LogP contribution is -2.41. The lowest BCUT2D eigenvalue weighted by atomic mass is 9.74. The predicted molar refractivity (Wildman–Crippen MR) is 75.0 cm³/mol. The summed E-state index contributed by atoms with van der Waals surface area (Å²) in [6.45, 7) is 1.90. The number of alkyl halides is 2. The van der Waals surface area contributed by atoms with E-state index in [4.69, 9.17) is 0 Å². The first kappa shape index (κ1) is 14.1. The Labute approximate surface area is 119 Å². The van der Waals surface area contributed by atoms with Gasteiger partial charge in [-0.15, -0.1) is 0 Å². The zero-order chi connectivity index (χ0) is 13.2. The molecule has 0 amide bonds. The maximum atomic E-state index is 12.5.